The number of halogens is 2. The van der Waals surface area contributed by atoms with Gasteiger partial charge in [-0.15, -0.1) is 0 Å². The summed E-state index contributed by atoms with van der Waals surface area (Å²) >= 11 is 5.59. The molecule has 18 heavy (non-hydrogen) atoms. The molecule has 0 aliphatic heterocycles. The highest BCUT2D eigenvalue weighted by Crippen LogP contribution is 2.45. The van der Waals surface area contributed by atoms with Crippen LogP contribution < -0.4 is 10.5 Å². The number of anilines is 1. The summed E-state index contributed by atoms with van der Waals surface area (Å²) in [5, 5.41) is -0.301. The molecule has 100 valence electrons. The minimum absolute atomic E-state index is 0.0896. The van der Waals surface area contributed by atoms with Gasteiger partial charge in [0.1, 0.15) is 4.90 Å². The van der Waals surface area contributed by atoms with Gasteiger partial charge in [-0.1, -0.05) is 25.4 Å². The summed E-state index contributed by atoms with van der Waals surface area (Å²) in [7, 11) is -3.93. The maximum atomic E-state index is 13.7. The second-order valence-electron chi connectivity index (χ2n) is 5.18. The van der Waals surface area contributed by atoms with E-state index in [1.807, 2.05) is 13.8 Å². The second kappa shape index (κ2) is 4.08. The quantitative estimate of drug-likeness (QED) is 0.838. The zero-order chi connectivity index (χ0) is 13.7. The van der Waals surface area contributed by atoms with Crippen LogP contribution in [0.25, 0.3) is 0 Å². The van der Waals surface area contributed by atoms with Gasteiger partial charge in [0, 0.05) is 11.7 Å². The number of nitrogens with one attached hydrogen (secondary N) is 1. The van der Waals surface area contributed by atoms with Crippen LogP contribution in [0.1, 0.15) is 20.3 Å². The SMILES string of the molecule is CC1(C)CC1NS(=O)(=O)c1cc(N)cc(Cl)c1F. The molecule has 1 aromatic rings. The molecule has 1 saturated carbocycles. The van der Waals surface area contributed by atoms with Crippen molar-refractivity contribution in [1.82, 2.24) is 4.72 Å². The summed E-state index contributed by atoms with van der Waals surface area (Å²) < 4.78 is 40.2. The highest BCUT2D eigenvalue weighted by molar-refractivity contribution is 7.89. The van der Waals surface area contributed by atoms with E-state index >= 15 is 0 Å². The summed E-state index contributed by atoms with van der Waals surface area (Å²) in [6.07, 6.45) is 0.726. The molecule has 0 radical (unpaired) electrons. The Morgan fingerprint density at radius 2 is 2.06 bits per heavy atom. The van der Waals surface area contributed by atoms with Crippen LogP contribution in [0.5, 0.6) is 0 Å². The van der Waals surface area contributed by atoms with Crippen LogP contribution in [0.15, 0.2) is 17.0 Å². The molecular formula is C11H14ClFN2O2S. The number of sulfonamides is 1. The minimum atomic E-state index is -3.93. The standard InChI is InChI=1S/C11H14ClFN2O2S/c1-11(2)5-9(11)15-18(16,17)8-4-6(14)3-7(12)10(8)13/h3-4,9,15H,5,14H2,1-2H3. The largest absolute Gasteiger partial charge is 0.399 e. The molecule has 0 spiro atoms. The third-order valence-corrected chi connectivity index (χ3v) is 4.86. The van der Waals surface area contributed by atoms with Gasteiger partial charge < -0.3 is 5.73 Å². The van der Waals surface area contributed by atoms with Crippen LogP contribution >= 0.6 is 11.6 Å². The maximum Gasteiger partial charge on any atom is 0.243 e. The van der Waals surface area contributed by atoms with Crippen LogP contribution in [-0.4, -0.2) is 14.5 Å². The van der Waals surface area contributed by atoms with E-state index in [9.17, 15) is 12.8 Å². The summed E-state index contributed by atoms with van der Waals surface area (Å²) in [6.45, 7) is 3.87. The fraction of sp³-hybridized carbons (Fsp3) is 0.455. The number of nitrogens with two attached hydrogens (primary N) is 1. The van der Waals surface area contributed by atoms with Crippen molar-refractivity contribution < 1.29 is 12.8 Å². The molecule has 0 bridgehead atoms. The van der Waals surface area contributed by atoms with Crippen LogP contribution in [0, 0.1) is 11.2 Å². The molecule has 7 heteroatoms. The lowest BCUT2D eigenvalue weighted by atomic mass is 10.2. The van der Waals surface area contributed by atoms with Crippen LogP contribution in [0.2, 0.25) is 5.02 Å². The molecule has 2 rings (SSSR count). The van der Waals surface area contributed by atoms with Crippen molar-refractivity contribution in [2.75, 3.05) is 5.73 Å². The van der Waals surface area contributed by atoms with Crippen molar-refractivity contribution in [3.05, 3.63) is 23.0 Å². The molecule has 4 nitrogen and oxygen atoms in total. The first kappa shape index (κ1) is 13.6. The molecule has 1 fully saturated rings. The van der Waals surface area contributed by atoms with Gasteiger partial charge in [-0.3, -0.25) is 0 Å². The van der Waals surface area contributed by atoms with Crippen molar-refractivity contribution >= 4 is 27.3 Å². The Kier molecular flexibility index (Phi) is 3.08. The van der Waals surface area contributed by atoms with Crippen LogP contribution in [0.4, 0.5) is 10.1 Å². The third-order valence-electron chi connectivity index (χ3n) is 3.12. The number of benzene rings is 1. The first-order chi connectivity index (χ1) is 8.13. The first-order valence-electron chi connectivity index (χ1n) is 5.40. The Morgan fingerprint density at radius 3 is 2.56 bits per heavy atom. The molecule has 1 atom stereocenters. The molecule has 1 aliphatic carbocycles. The third kappa shape index (κ3) is 2.46. The Bertz CT molecular complexity index is 601. The highest BCUT2D eigenvalue weighted by atomic mass is 35.5. The van der Waals surface area contributed by atoms with Gasteiger partial charge in [0.05, 0.1) is 5.02 Å². The Labute approximate surface area is 110 Å². The summed E-state index contributed by atoms with van der Waals surface area (Å²) in [4.78, 5) is -0.504. The molecule has 0 aromatic heterocycles. The highest BCUT2D eigenvalue weighted by Gasteiger charge is 2.48. The van der Waals surface area contributed by atoms with Crippen molar-refractivity contribution in [2.45, 2.75) is 31.2 Å². The van der Waals surface area contributed by atoms with Gasteiger partial charge >= 0.3 is 0 Å². The van der Waals surface area contributed by atoms with Crippen molar-refractivity contribution in [1.29, 1.82) is 0 Å². The molecule has 3 N–H and O–H groups in total. The molecule has 0 amide bonds. The van der Waals surface area contributed by atoms with Crippen LogP contribution in [-0.2, 0) is 10.0 Å². The molecule has 0 saturated heterocycles. The Hall–Kier alpha value is -0.850. The van der Waals surface area contributed by atoms with E-state index < -0.39 is 20.7 Å². The minimum Gasteiger partial charge on any atom is -0.399 e. The van der Waals surface area contributed by atoms with Gasteiger partial charge in [0.25, 0.3) is 0 Å². The van der Waals surface area contributed by atoms with E-state index in [0.29, 0.717) is 0 Å². The average Bonchev–Trinajstić information content (AvgIpc) is 2.78. The van der Waals surface area contributed by atoms with Crippen LogP contribution in [0.3, 0.4) is 0 Å². The summed E-state index contributed by atoms with van der Waals surface area (Å²) in [5.41, 5.74) is 5.50. The van der Waals surface area contributed by atoms with Crippen molar-refractivity contribution in [2.24, 2.45) is 5.41 Å². The predicted molar refractivity (Wildman–Crippen MR) is 68.3 cm³/mol. The zero-order valence-corrected chi connectivity index (χ0v) is 11.6. The maximum absolute atomic E-state index is 13.7. The van der Waals surface area contributed by atoms with E-state index in [-0.39, 0.29) is 22.2 Å². The molecule has 1 unspecified atom stereocenters. The Morgan fingerprint density at radius 1 is 1.50 bits per heavy atom. The summed E-state index contributed by atoms with van der Waals surface area (Å²) in [5.74, 6) is -0.975. The van der Waals surface area contributed by atoms with Gasteiger partial charge in [0.15, 0.2) is 5.82 Å². The van der Waals surface area contributed by atoms with E-state index in [2.05, 4.69) is 4.72 Å². The smallest absolute Gasteiger partial charge is 0.243 e. The molecule has 0 heterocycles. The van der Waals surface area contributed by atoms with E-state index in [4.69, 9.17) is 17.3 Å². The van der Waals surface area contributed by atoms with E-state index in [1.165, 1.54) is 6.07 Å². The molecule has 1 aliphatic rings. The topological polar surface area (TPSA) is 72.2 Å². The number of rotatable bonds is 3. The fourth-order valence-electron chi connectivity index (χ4n) is 1.70. The monoisotopic (exact) mass is 292 g/mol. The van der Waals surface area contributed by atoms with Gasteiger partial charge in [-0.2, -0.15) is 0 Å². The van der Waals surface area contributed by atoms with E-state index in [1.54, 1.807) is 0 Å². The average molecular weight is 293 g/mol. The van der Waals surface area contributed by atoms with Crippen molar-refractivity contribution in [3.8, 4) is 0 Å². The number of hydrogen-bond donors (Lipinski definition) is 2. The summed E-state index contributed by atoms with van der Waals surface area (Å²) in [6, 6.07) is 2.07. The lowest BCUT2D eigenvalue weighted by molar-refractivity contribution is 0.541. The van der Waals surface area contributed by atoms with Gasteiger partial charge in [0.2, 0.25) is 10.0 Å². The number of hydrogen-bond acceptors (Lipinski definition) is 3. The van der Waals surface area contributed by atoms with Crippen molar-refractivity contribution in [3.63, 3.8) is 0 Å². The van der Waals surface area contributed by atoms with E-state index in [0.717, 1.165) is 12.5 Å². The normalized spacial score (nSPS) is 21.9. The molecular weight excluding hydrogens is 279 g/mol. The van der Waals surface area contributed by atoms with Gasteiger partial charge in [-0.25, -0.2) is 17.5 Å². The second-order valence-corrected chi connectivity index (χ2v) is 7.27. The van der Waals surface area contributed by atoms with Gasteiger partial charge in [-0.05, 0) is 24.0 Å². The predicted octanol–water partition coefficient (Wildman–Crippen LogP) is 2.14. The zero-order valence-electron chi connectivity index (χ0n) is 10.00. The first-order valence-corrected chi connectivity index (χ1v) is 7.26. The number of nitrogen functional groups attached to an aromatic ring is 1. The molecule has 1 aromatic carbocycles. The lowest BCUT2D eigenvalue weighted by Crippen LogP contribution is -2.29. The Balaban J connectivity index is 2.36. The lowest BCUT2D eigenvalue weighted by Gasteiger charge is -2.10. The fourth-order valence-corrected chi connectivity index (χ4v) is 3.52.